The van der Waals surface area contributed by atoms with Gasteiger partial charge in [-0.2, -0.15) is 0 Å². The number of benzene rings is 2. The number of hydrogen-bond donors (Lipinski definition) is 1. The number of anilines is 1. The molecule has 4 aromatic rings. The van der Waals surface area contributed by atoms with E-state index in [1.807, 2.05) is 47.0 Å². The smallest absolute Gasteiger partial charge is 0.242 e. The maximum atomic E-state index is 13.2. The van der Waals surface area contributed by atoms with Crippen LogP contribution in [0.5, 0.6) is 0 Å². The largest absolute Gasteiger partial charge is 0.325 e. The summed E-state index contributed by atoms with van der Waals surface area (Å²) in [6, 6.07) is 18.8. The van der Waals surface area contributed by atoms with E-state index in [0.717, 1.165) is 11.1 Å². The second-order valence-corrected chi connectivity index (χ2v) is 7.92. The Morgan fingerprint density at radius 2 is 1.78 bits per heavy atom. The zero-order valence-electron chi connectivity index (χ0n) is 17.1. The topological polar surface area (TPSA) is 72.7 Å². The molecule has 2 heterocycles. The molecule has 4 rings (SSSR count). The Bertz CT molecular complexity index is 1200. The number of carbonyl (C=O) groups excluding carboxylic acids is 1. The predicted octanol–water partition coefficient (Wildman–Crippen LogP) is 5.14. The van der Waals surface area contributed by atoms with Crippen molar-refractivity contribution in [3.05, 3.63) is 103 Å². The zero-order valence-corrected chi connectivity index (χ0v) is 17.9. The van der Waals surface area contributed by atoms with Crippen LogP contribution in [-0.4, -0.2) is 25.7 Å². The third kappa shape index (κ3) is 4.92. The molecule has 0 bridgehead atoms. The Balaban J connectivity index is 1.67. The molecule has 0 aliphatic heterocycles. The van der Waals surface area contributed by atoms with E-state index in [4.69, 9.17) is 0 Å². The van der Waals surface area contributed by atoms with Gasteiger partial charge in [-0.15, -0.1) is 16.8 Å². The number of allylic oxidation sites excluding steroid dienone is 1. The maximum Gasteiger partial charge on any atom is 0.242 e. The average Bonchev–Trinajstić information content (AvgIpc) is 3.22. The highest BCUT2D eigenvalue weighted by Crippen LogP contribution is 2.36. The minimum absolute atomic E-state index is 0.244. The number of pyridine rings is 1. The Morgan fingerprint density at radius 1 is 1.06 bits per heavy atom. The minimum atomic E-state index is -0.598. The fourth-order valence-corrected chi connectivity index (χ4v) is 4.18. The number of hydrogen-bond acceptors (Lipinski definition) is 5. The summed E-state index contributed by atoms with van der Waals surface area (Å²) in [6.07, 6.45) is 5.14. The lowest BCUT2D eigenvalue weighted by molar-refractivity contribution is -0.115. The average molecular weight is 446 g/mol. The predicted molar refractivity (Wildman–Crippen MR) is 124 cm³/mol. The van der Waals surface area contributed by atoms with Crippen LogP contribution in [0.15, 0.2) is 96.9 Å². The van der Waals surface area contributed by atoms with Crippen LogP contribution in [0.4, 0.5) is 10.1 Å². The Kier molecular flexibility index (Phi) is 6.72. The second-order valence-electron chi connectivity index (χ2n) is 6.85. The molecule has 1 atom stereocenters. The third-order valence-corrected chi connectivity index (χ3v) is 5.88. The van der Waals surface area contributed by atoms with Gasteiger partial charge in [-0.05, 0) is 42.0 Å². The first-order valence-electron chi connectivity index (χ1n) is 9.88. The van der Waals surface area contributed by atoms with E-state index in [1.54, 1.807) is 18.5 Å². The molecule has 0 saturated carbocycles. The summed E-state index contributed by atoms with van der Waals surface area (Å²) in [7, 11) is 0. The number of halogens is 1. The molecule has 1 N–H and O–H groups in total. The number of thioether (sulfide) groups is 1. The minimum Gasteiger partial charge on any atom is -0.325 e. The Morgan fingerprint density at radius 3 is 2.47 bits per heavy atom. The van der Waals surface area contributed by atoms with Gasteiger partial charge in [0.2, 0.25) is 5.91 Å². The van der Waals surface area contributed by atoms with Crippen molar-refractivity contribution in [2.75, 3.05) is 5.32 Å². The Hall–Kier alpha value is -3.78. The number of rotatable bonds is 8. The molecular formula is C24H20FN5OS. The standard InChI is InChI=1S/C24H20FN5OS/c1-2-16-30-22(18-12-14-26-15-13-18)28-29-24(30)32-21(17-6-4-3-5-7-17)23(31)27-20-10-8-19(25)9-11-20/h2-15,21H,1,16H2,(H,27,31). The van der Waals surface area contributed by atoms with Gasteiger partial charge in [-0.1, -0.05) is 48.2 Å². The highest BCUT2D eigenvalue weighted by atomic mass is 32.2. The van der Waals surface area contributed by atoms with Crippen LogP contribution in [0.1, 0.15) is 10.8 Å². The van der Waals surface area contributed by atoms with Crippen molar-refractivity contribution in [2.24, 2.45) is 0 Å². The number of nitrogens with zero attached hydrogens (tertiary/aromatic N) is 4. The molecule has 2 aromatic carbocycles. The van der Waals surface area contributed by atoms with Crippen LogP contribution in [0, 0.1) is 5.82 Å². The van der Waals surface area contributed by atoms with Crippen LogP contribution in [0.3, 0.4) is 0 Å². The third-order valence-electron chi connectivity index (χ3n) is 4.64. The molecule has 1 unspecified atom stereocenters. The van der Waals surface area contributed by atoms with Gasteiger partial charge in [0.1, 0.15) is 11.1 Å². The lowest BCUT2D eigenvalue weighted by Gasteiger charge is -2.17. The first kappa shape index (κ1) is 21.5. The summed E-state index contributed by atoms with van der Waals surface area (Å²) in [4.78, 5) is 17.3. The summed E-state index contributed by atoms with van der Waals surface area (Å²) >= 11 is 1.29. The van der Waals surface area contributed by atoms with Crippen LogP contribution in [0.2, 0.25) is 0 Å². The SMILES string of the molecule is C=CCn1c(SC(C(=O)Nc2ccc(F)cc2)c2ccccc2)nnc1-c1ccncc1. The fraction of sp³-hybridized carbons (Fsp3) is 0.0833. The van der Waals surface area contributed by atoms with E-state index in [2.05, 4.69) is 27.1 Å². The summed E-state index contributed by atoms with van der Waals surface area (Å²) in [6.45, 7) is 4.32. The molecule has 0 aliphatic rings. The van der Waals surface area contributed by atoms with E-state index >= 15 is 0 Å². The van der Waals surface area contributed by atoms with Crippen molar-refractivity contribution in [1.82, 2.24) is 19.7 Å². The molecule has 8 heteroatoms. The van der Waals surface area contributed by atoms with Crippen LogP contribution in [-0.2, 0) is 11.3 Å². The van der Waals surface area contributed by atoms with Crippen molar-refractivity contribution >= 4 is 23.4 Å². The molecule has 0 fully saturated rings. The second kappa shape index (κ2) is 10.0. The lowest BCUT2D eigenvalue weighted by atomic mass is 10.1. The van der Waals surface area contributed by atoms with Gasteiger partial charge in [0.05, 0.1) is 0 Å². The maximum absolute atomic E-state index is 13.2. The van der Waals surface area contributed by atoms with Gasteiger partial charge < -0.3 is 5.32 Å². The number of nitrogens with one attached hydrogen (secondary N) is 1. The van der Waals surface area contributed by atoms with E-state index < -0.39 is 5.25 Å². The van der Waals surface area contributed by atoms with Gasteiger partial charge in [-0.25, -0.2) is 4.39 Å². The van der Waals surface area contributed by atoms with Crippen molar-refractivity contribution in [2.45, 2.75) is 17.0 Å². The molecule has 0 radical (unpaired) electrons. The van der Waals surface area contributed by atoms with E-state index in [1.165, 1.54) is 36.0 Å². The fourth-order valence-electron chi connectivity index (χ4n) is 3.13. The van der Waals surface area contributed by atoms with Crippen LogP contribution in [0.25, 0.3) is 11.4 Å². The normalized spacial score (nSPS) is 11.7. The summed E-state index contributed by atoms with van der Waals surface area (Å²) < 4.78 is 15.2. The molecule has 1 amide bonds. The molecule has 160 valence electrons. The molecule has 32 heavy (non-hydrogen) atoms. The summed E-state index contributed by atoms with van der Waals surface area (Å²) in [5, 5.41) is 11.6. The van der Waals surface area contributed by atoms with E-state index in [0.29, 0.717) is 23.2 Å². The highest BCUT2D eigenvalue weighted by molar-refractivity contribution is 8.00. The molecule has 6 nitrogen and oxygen atoms in total. The summed E-state index contributed by atoms with van der Waals surface area (Å²) in [5.74, 6) is 0.0603. The summed E-state index contributed by atoms with van der Waals surface area (Å²) in [5.41, 5.74) is 2.20. The first-order valence-corrected chi connectivity index (χ1v) is 10.8. The monoisotopic (exact) mass is 445 g/mol. The lowest BCUT2D eigenvalue weighted by Crippen LogP contribution is -2.19. The van der Waals surface area contributed by atoms with Crippen molar-refractivity contribution in [3.63, 3.8) is 0 Å². The van der Waals surface area contributed by atoms with Crippen molar-refractivity contribution in [1.29, 1.82) is 0 Å². The molecule has 0 aliphatic carbocycles. The van der Waals surface area contributed by atoms with E-state index in [-0.39, 0.29) is 11.7 Å². The van der Waals surface area contributed by atoms with Crippen molar-refractivity contribution < 1.29 is 9.18 Å². The molecule has 0 spiro atoms. The van der Waals surface area contributed by atoms with Gasteiger partial charge in [-0.3, -0.25) is 14.3 Å². The van der Waals surface area contributed by atoms with E-state index in [9.17, 15) is 9.18 Å². The van der Waals surface area contributed by atoms with Gasteiger partial charge in [0.15, 0.2) is 11.0 Å². The molecule has 0 saturated heterocycles. The first-order chi connectivity index (χ1) is 15.7. The Labute approximate surface area is 189 Å². The van der Waals surface area contributed by atoms with Gasteiger partial charge in [0.25, 0.3) is 0 Å². The number of amides is 1. The molecule has 2 aromatic heterocycles. The quantitative estimate of drug-likeness (QED) is 0.300. The van der Waals surface area contributed by atoms with Crippen LogP contribution >= 0.6 is 11.8 Å². The van der Waals surface area contributed by atoms with Gasteiger partial charge in [0, 0.05) is 30.2 Å². The van der Waals surface area contributed by atoms with Crippen LogP contribution < -0.4 is 5.32 Å². The zero-order chi connectivity index (χ0) is 22.3. The number of aromatic nitrogens is 4. The molecular weight excluding hydrogens is 425 g/mol. The highest BCUT2D eigenvalue weighted by Gasteiger charge is 2.26. The number of carbonyl (C=O) groups is 1. The van der Waals surface area contributed by atoms with Gasteiger partial charge >= 0.3 is 0 Å². The van der Waals surface area contributed by atoms with Crippen molar-refractivity contribution in [3.8, 4) is 11.4 Å².